The van der Waals surface area contributed by atoms with E-state index in [4.69, 9.17) is 21.1 Å². The van der Waals surface area contributed by atoms with E-state index in [9.17, 15) is 0 Å². The molecule has 6 heteroatoms. The number of anilines is 1. The predicted molar refractivity (Wildman–Crippen MR) is 75.1 cm³/mol. The van der Waals surface area contributed by atoms with Crippen molar-refractivity contribution in [2.24, 2.45) is 7.05 Å². The van der Waals surface area contributed by atoms with Crippen LogP contribution in [-0.4, -0.2) is 23.8 Å². The Labute approximate surface area is 117 Å². The first-order valence-corrected chi connectivity index (χ1v) is 6.15. The van der Waals surface area contributed by atoms with Crippen molar-refractivity contribution in [2.75, 3.05) is 19.5 Å². The number of ether oxygens (including phenoxy) is 2. The first-order chi connectivity index (χ1) is 9.15. The molecule has 2 rings (SSSR count). The molecule has 0 unspecified atom stereocenters. The summed E-state index contributed by atoms with van der Waals surface area (Å²) in [6.07, 6.45) is 3.65. The first-order valence-electron chi connectivity index (χ1n) is 5.77. The van der Waals surface area contributed by atoms with Crippen LogP contribution in [0.25, 0.3) is 0 Å². The van der Waals surface area contributed by atoms with Gasteiger partial charge in [-0.2, -0.15) is 0 Å². The molecule has 1 aromatic heterocycles. The Morgan fingerprint density at radius 3 is 2.53 bits per heavy atom. The molecule has 2 aromatic rings. The fourth-order valence-corrected chi connectivity index (χ4v) is 1.95. The Hall–Kier alpha value is -1.88. The monoisotopic (exact) mass is 281 g/mol. The molecular formula is C13H16ClN3O2. The molecule has 0 aliphatic heterocycles. The minimum absolute atomic E-state index is 0.576. The summed E-state index contributed by atoms with van der Waals surface area (Å²) in [7, 11) is 5.11. The summed E-state index contributed by atoms with van der Waals surface area (Å²) < 4.78 is 12.4. The van der Waals surface area contributed by atoms with Crippen LogP contribution in [-0.2, 0) is 13.6 Å². The third-order valence-electron chi connectivity index (χ3n) is 2.83. The molecule has 1 heterocycles. The second kappa shape index (κ2) is 5.84. The molecule has 19 heavy (non-hydrogen) atoms. The van der Waals surface area contributed by atoms with Crippen molar-refractivity contribution >= 4 is 17.3 Å². The Morgan fingerprint density at radius 1 is 1.26 bits per heavy atom. The van der Waals surface area contributed by atoms with Crippen LogP contribution in [0.5, 0.6) is 11.5 Å². The van der Waals surface area contributed by atoms with Crippen molar-refractivity contribution in [3.8, 4) is 11.5 Å². The molecule has 1 aromatic carbocycles. The van der Waals surface area contributed by atoms with E-state index in [-0.39, 0.29) is 0 Å². The SMILES string of the molecule is COc1cc(Cl)c(NCc2nccn2C)cc1OC. The van der Waals surface area contributed by atoms with Gasteiger partial charge in [-0.3, -0.25) is 0 Å². The lowest BCUT2D eigenvalue weighted by atomic mass is 10.2. The molecule has 0 saturated heterocycles. The van der Waals surface area contributed by atoms with Gasteiger partial charge in [-0.1, -0.05) is 11.6 Å². The fraction of sp³-hybridized carbons (Fsp3) is 0.308. The number of imidazole rings is 1. The van der Waals surface area contributed by atoms with Crippen LogP contribution in [0, 0.1) is 0 Å². The maximum atomic E-state index is 6.19. The van der Waals surface area contributed by atoms with Crippen molar-refractivity contribution in [1.29, 1.82) is 0 Å². The number of hydrogen-bond acceptors (Lipinski definition) is 4. The highest BCUT2D eigenvalue weighted by molar-refractivity contribution is 6.33. The molecule has 0 saturated carbocycles. The van der Waals surface area contributed by atoms with Gasteiger partial charge in [0.05, 0.1) is 31.5 Å². The number of halogens is 1. The van der Waals surface area contributed by atoms with Gasteiger partial charge in [0.25, 0.3) is 0 Å². The third-order valence-corrected chi connectivity index (χ3v) is 3.14. The maximum Gasteiger partial charge on any atom is 0.162 e. The zero-order valence-electron chi connectivity index (χ0n) is 11.1. The lowest BCUT2D eigenvalue weighted by Gasteiger charge is -2.13. The number of methoxy groups -OCH3 is 2. The molecule has 0 amide bonds. The van der Waals surface area contributed by atoms with Crippen LogP contribution in [0.1, 0.15) is 5.82 Å². The van der Waals surface area contributed by atoms with Crippen molar-refractivity contribution < 1.29 is 9.47 Å². The molecule has 102 valence electrons. The number of hydrogen-bond donors (Lipinski definition) is 1. The van der Waals surface area contributed by atoms with Crippen LogP contribution in [0.2, 0.25) is 5.02 Å². The number of nitrogens with one attached hydrogen (secondary N) is 1. The van der Waals surface area contributed by atoms with E-state index in [1.807, 2.05) is 23.9 Å². The van der Waals surface area contributed by atoms with Crippen molar-refractivity contribution in [3.05, 3.63) is 35.4 Å². The van der Waals surface area contributed by atoms with Gasteiger partial charge in [0.2, 0.25) is 0 Å². The standard InChI is InChI=1S/C13H16ClN3O2/c1-17-5-4-15-13(17)8-16-10-7-12(19-3)11(18-2)6-9(10)14/h4-7,16H,8H2,1-3H3. The van der Waals surface area contributed by atoms with Crippen molar-refractivity contribution in [3.63, 3.8) is 0 Å². The average molecular weight is 282 g/mol. The Kier molecular flexibility index (Phi) is 4.16. The van der Waals surface area contributed by atoms with Crippen LogP contribution in [0.4, 0.5) is 5.69 Å². The van der Waals surface area contributed by atoms with Gasteiger partial charge in [-0.05, 0) is 0 Å². The van der Waals surface area contributed by atoms with Crippen LogP contribution >= 0.6 is 11.6 Å². The second-order valence-corrected chi connectivity index (χ2v) is 4.40. The van der Waals surface area contributed by atoms with E-state index in [1.165, 1.54) is 0 Å². The van der Waals surface area contributed by atoms with Crippen molar-refractivity contribution in [1.82, 2.24) is 9.55 Å². The van der Waals surface area contributed by atoms with Crippen LogP contribution in [0.15, 0.2) is 24.5 Å². The summed E-state index contributed by atoms with van der Waals surface area (Å²) in [6, 6.07) is 3.53. The molecule has 0 spiro atoms. The zero-order valence-corrected chi connectivity index (χ0v) is 11.9. The highest BCUT2D eigenvalue weighted by Gasteiger charge is 2.10. The van der Waals surface area contributed by atoms with Gasteiger partial charge in [0, 0.05) is 31.6 Å². The first kappa shape index (κ1) is 13.5. The summed E-state index contributed by atoms with van der Waals surface area (Å²) >= 11 is 6.19. The van der Waals surface area contributed by atoms with E-state index in [0.29, 0.717) is 23.1 Å². The molecule has 0 radical (unpaired) electrons. The fourth-order valence-electron chi connectivity index (χ4n) is 1.73. The molecule has 1 N–H and O–H groups in total. The van der Waals surface area contributed by atoms with Gasteiger partial charge in [0.1, 0.15) is 5.82 Å². The second-order valence-electron chi connectivity index (χ2n) is 3.99. The third kappa shape index (κ3) is 2.93. The molecule has 5 nitrogen and oxygen atoms in total. The average Bonchev–Trinajstić information content (AvgIpc) is 2.82. The Morgan fingerprint density at radius 2 is 1.95 bits per heavy atom. The highest BCUT2D eigenvalue weighted by atomic mass is 35.5. The predicted octanol–water partition coefficient (Wildman–Crippen LogP) is 2.70. The van der Waals surface area contributed by atoms with Gasteiger partial charge >= 0.3 is 0 Å². The lowest BCUT2D eigenvalue weighted by molar-refractivity contribution is 0.355. The van der Waals surface area contributed by atoms with Gasteiger partial charge < -0.3 is 19.4 Å². The minimum Gasteiger partial charge on any atom is -0.493 e. The van der Waals surface area contributed by atoms with Crippen molar-refractivity contribution in [2.45, 2.75) is 6.54 Å². The minimum atomic E-state index is 0.576. The molecule has 0 bridgehead atoms. The largest absolute Gasteiger partial charge is 0.493 e. The number of aromatic nitrogens is 2. The summed E-state index contributed by atoms with van der Waals surface area (Å²) in [6.45, 7) is 0.582. The summed E-state index contributed by atoms with van der Waals surface area (Å²) in [4.78, 5) is 4.24. The molecule has 0 atom stereocenters. The van der Waals surface area contributed by atoms with Gasteiger partial charge in [0.15, 0.2) is 11.5 Å². The Balaban J connectivity index is 2.18. The number of benzene rings is 1. The summed E-state index contributed by atoms with van der Waals surface area (Å²) in [5.74, 6) is 2.16. The molecule has 0 aliphatic carbocycles. The number of aryl methyl sites for hydroxylation is 1. The normalized spacial score (nSPS) is 10.3. The lowest BCUT2D eigenvalue weighted by Crippen LogP contribution is -2.06. The smallest absolute Gasteiger partial charge is 0.162 e. The number of rotatable bonds is 5. The summed E-state index contributed by atoms with van der Waals surface area (Å²) in [5.41, 5.74) is 0.780. The highest BCUT2D eigenvalue weighted by Crippen LogP contribution is 2.36. The van der Waals surface area contributed by atoms with Gasteiger partial charge in [-0.15, -0.1) is 0 Å². The van der Waals surface area contributed by atoms with E-state index in [0.717, 1.165) is 11.5 Å². The van der Waals surface area contributed by atoms with E-state index in [1.54, 1.807) is 26.5 Å². The van der Waals surface area contributed by atoms with E-state index >= 15 is 0 Å². The van der Waals surface area contributed by atoms with Gasteiger partial charge in [-0.25, -0.2) is 4.98 Å². The van der Waals surface area contributed by atoms with Crippen LogP contribution < -0.4 is 14.8 Å². The summed E-state index contributed by atoms with van der Waals surface area (Å²) in [5, 5.41) is 3.81. The maximum absolute atomic E-state index is 6.19. The van der Waals surface area contributed by atoms with Crippen LogP contribution in [0.3, 0.4) is 0 Å². The van der Waals surface area contributed by atoms with E-state index < -0.39 is 0 Å². The molecule has 0 aliphatic rings. The van der Waals surface area contributed by atoms with E-state index in [2.05, 4.69) is 10.3 Å². The quantitative estimate of drug-likeness (QED) is 0.915. The topological polar surface area (TPSA) is 48.3 Å². The number of nitrogens with zero attached hydrogens (tertiary/aromatic N) is 2. The molecular weight excluding hydrogens is 266 g/mol. The zero-order chi connectivity index (χ0) is 13.8. The molecule has 0 fully saturated rings. The Bertz CT molecular complexity index is 569.